The quantitative estimate of drug-likeness (QED) is 0.361. The molecule has 0 atom stereocenters. The van der Waals surface area contributed by atoms with Gasteiger partial charge in [-0.25, -0.2) is 13.2 Å². The van der Waals surface area contributed by atoms with Crippen molar-refractivity contribution in [2.75, 3.05) is 0 Å². The Kier molecular flexibility index (Phi) is 7.58. The second kappa shape index (κ2) is 10.3. The number of hydrogen-bond donors (Lipinski definition) is 0. The van der Waals surface area contributed by atoms with Crippen LogP contribution in [0.5, 0.6) is 0 Å². The summed E-state index contributed by atoms with van der Waals surface area (Å²) in [7, 11) is 0. The third-order valence-electron chi connectivity index (χ3n) is 5.48. The Morgan fingerprint density at radius 3 is 2.17 bits per heavy atom. The monoisotopic (exact) mass is 396 g/mol. The van der Waals surface area contributed by atoms with Gasteiger partial charge in [-0.2, -0.15) is 0 Å². The van der Waals surface area contributed by atoms with Gasteiger partial charge in [0.05, 0.1) is 0 Å². The van der Waals surface area contributed by atoms with Crippen LogP contribution >= 0.6 is 0 Å². The molecule has 0 amide bonds. The van der Waals surface area contributed by atoms with Gasteiger partial charge >= 0.3 is 0 Å². The van der Waals surface area contributed by atoms with Gasteiger partial charge in [0.25, 0.3) is 0 Å². The molecule has 152 valence electrons. The van der Waals surface area contributed by atoms with Crippen molar-refractivity contribution >= 4 is 6.08 Å². The van der Waals surface area contributed by atoms with Gasteiger partial charge < -0.3 is 0 Å². The fourth-order valence-electron chi connectivity index (χ4n) is 3.71. The first-order valence-electron chi connectivity index (χ1n) is 10.5. The molecule has 0 N–H and O–H groups in total. The molecule has 1 fully saturated rings. The number of unbranched alkanes of at least 4 members (excludes halogenated alkanes) is 2. The molecule has 0 nitrogen and oxygen atoms in total. The molecule has 29 heavy (non-hydrogen) atoms. The molecule has 1 saturated carbocycles. The number of hydrogen-bond acceptors (Lipinski definition) is 0. The molecule has 0 aromatic heterocycles. The van der Waals surface area contributed by atoms with Crippen LogP contribution in [0.25, 0.3) is 6.08 Å². The zero-order valence-electron chi connectivity index (χ0n) is 16.9. The summed E-state index contributed by atoms with van der Waals surface area (Å²) in [6, 6.07) is 10.4. The summed E-state index contributed by atoms with van der Waals surface area (Å²) in [5.74, 6) is 5.03. The second-order valence-corrected chi connectivity index (χ2v) is 7.72. The third-order valence-corrected chi connectivity index (χ3v) is 5.48. The van der Waals surface area contributed by atoms with E-state index >= 15 is 0 Å². The lowest BCUT2D eigenvalue weighted by atomic mass is 9.83. The number of allylic oxidation sites excluding steroid dienone is 1. The molecule has 1 aliphatic carbocycles. The molecular formula is C26H27F3. The normalized spacial score (nSPS) is 19.2. The Hall–Kier alpha value is -2.47. The summed E-state index contributed by atoms with van der Waals surface area (Å²) in [4.78, 5) is 0. The predicted molar refractivity (Wildman–Crippen MR) is 113 cm³/mol. The van der Waals surface area contributed by atoms with Crippen molar-refractivity contribution in [1.82, 2.24) is 0 Å². The molecule has 0 heterocycles. The highest BCUT2D eigenvalue weighted by atomic mass is 19.1. The average molecular weight is 396 g/mol. The van der Waals surface area contributed by atoms with Crippen LogP contribution in [0.15, 0.2) is 42.5 Å². The Morgan fingerprint density at radius 2 is 1.55 bits per heavy atom. The zero-order valence-corrected chi connectivity index (χ0v) is 16.9. The van der Waals surface area contributed by atoms with Gasteiger partial charge in [-0.3, -0.25) is 0 Å². The number of halogens is 3. The van der Waals surface area contributed by atoms with Gasteiger partial charge in [0.1, 0.15) is 17.8 Å². The van der Waals surface area contributed by atoms with Gasteiger partial charge in [0.2, 0.25) is 0 Å². The number of benzene rings is 2. The Bertz CT molecular complexity index is 869. The SMILES string of the molecule is CCCC/C=C/c1c(F)cc(C#Cc2ccc(C3CCC(F)CC3)cc2)cc1F. The molecule has 0 aliphatic heterocycles. The molecule has 0 unspecified atom stereocenters. The standard InChI is InChI=1S/C26H27F3/c1-2-3-4-5-6-24-25(28)17-20(18-26(24)29)8-7-19-9-11-21(12-10-19)22-13-15-23(27)16-14-22/h5-6,9-12,17-18,22-23H,2-4,13-16H2,1H3/b6-5+. The van der Waals surface area contributed by atoms with E-state index in [9.17, 15) is 13.2 Å². The molecule has 0 spiro atoms. The van der Waals surface area contributed by atoms with E-state index in [1.807, 2.05) is 24.3 Å². The molecule has 0 radical (unpaired) electrons. The largest absolute Gasteiger partial charge is 0.247 e. The van der Waals surface area contributed by atoms with E-state index in [1.54, 1.807) is 6.08 Å². The number of rotatable bonds is 5. The smallest absolute Gasteiger partial charge is 0.134 e. The Balaban J connectivity index is 1.68. The fourth-order valence-corrected chi connectivity index (χ4v) is 3.71. The van der Waals surface area contributed by atoms with Gasteiger partial charge in [-0.1, -0.05) is 55.9 Å². The summed E-state index contributed by atoms with van der Waals surface area (Å²) in [6.45, 7) is 2.08. The van der Waals surface area contributed by atoms with Gasteiger partial charge in [0, 0.05) is 16.7 Å². The van der Waals surface area contributed by atoms with Crippen molar-refractivity contribution in [3.05, 3.63) is 76.4 Å². The summed E-state index contributed by atoms with van der Waals surface area (Å²) < 4.78 is 41.8. The van der Waals surface area contributed by atoms with E-state index in [0.29, 0.717) is 24.3 Å². The van der Waals surface area contributed by atoms with Crippen molar-refractivity contribution in [2.24, 2.45) is 0 Å². The minimum atomic E-state index is -0.657. The van der Waals surface area contributed by atoms with E-state index in [4.69, 9.17) is 0 Å². The van der Waals surface area contributed by atoms with E-state index in [-0.39, 0.29) is 5.56 Å². The molecule has 2 aromatic carbocycles. The number of alkyl halides is 1. The van der Waals surface area contributed by atoms with Gasteiger partial charge in [-0.15, -0.1) is 0 Å². The van der Waals surface area contributed by atoms with E-state index in [2.05, 4.69) is 18.8 Å². The lowest BCUT2D eigenvalue weighted by Gasteiger charge is -2.24. The topological polar surface area (TPSA) is 0 Å². The lowest BCUT2D eigenvalue weighted by molar-refractivity contribution is 0.235. The first-order valence-corrected chi connectivity index (χ1v) is 10.5. The van der Waals surface area contributed by atoms with Crippen molar-refractivity contribution in [3.8, 4) is 11.8 Å². The third kappa shape index (κ3) is 6.00. The highest BCUT2D eigenvalue weighted by molar-refractivity contribution is 5.54. The molecule has 1 aliphatic rings. The van der Waals surface area contributed by atoms with Crippen LogP contribution in [0, 0.1) is 23.5 Å². The lowest BCUT2D eigenvalue weighted by Crippen LogP contribution is -2.13. The minimum absolute atomic E-state index is 0.0148. The molecule has 0 saturated heterocycles. The first-order chi connectivity index (χ1) is 14.1. The maximum absolute atomic E-state index is 14.2. The minimum Gasteiger partial charge on any atom is -0.247 e. The molecule has 3 rings (SSSR count). The van der Waals surface area contributed by atoms with Crippen molar-refractivity contribution < 1.29 is 13.2 Å². The van der Waals surface area contributed by atoms with Crippen LogP contribution in [0.3, 0.4) is 0 Å². The highest BCUT2D eigenvalue weighted by Crippen LogP contribution is 2.34. The maximum atomic E-state index is 14.2. The van der Waals surface area contributed by atoms with Crippen LogP contribution in [0.1, 0.15) is 80.0 Å². The molecule has 0 bridgehead atoms. The van der Waals surface area contributed by atoms with Crippen LogP contribution in [-0.2, 0) is 0 Å². The van der Waals surface area contributed by atoms with E-state index in [0.717, 1.165) is 37.7 Å². The summed E-state index contributed by atoms with van der Waals surface area (Å²) in [6.07, 6.45) is 8.53. The Morgan fingerprint density at radius 1 is 0.931 bits per heavy atom. The zero-order chi connectivity index (χ0) is 20.6. The predicted octanol–water partition coefficient (Wildman–Crippen LogP) is 7.56. The van der Waals surface area contributed by atoms with Crippen molar-refractivity contribution in [2.45, 2.75) is 64.0 Å². The van der Waals surface area contributed by atoms with Crippen molar-refractivity contribution in [3.63, 3.8) is 0 Å². The average Bonchev–Trinajstić information content (AvgIpc) is 2.72. The Labute approximate surface area is 171 Å². The van der Waals surface area contributed by atoms with Crippen molar-refractivity contribution in [1.29, 1.82) is 0 Å². The van der Waals surface area contributed by atoms with Crippen LogP contribution < -0.4 is 0 Å². The molecule has 3 heteroatoms. The van der Waals surface area contributed by atoms with Crippen LogP contribution in [0.2, 0.25) is 0 Å². The van der Waals surface area contributed by atoms with Crippen LogP contribution in [0.4, 0.5) is 13.2 Å². The van der Waals surface area contributed by atoms with Gasteiger partial charge in [0.15, 0.2) is 0 Å². The maximum Gasteiger partial charge on any atom is 0.134 e. The second-order valence-electron chi connectivity index (χ2n) is 7.72. The van der Waals surface area contributed by atoms with E-state index < -0.39 is 17.8 Å². The molecule has 2 aromatic rings. The van der Waals surface area contributed by atoms with E-state index in [1.165, 1.54) is 23.8 Å². The first kappa shape index (κ1) is 21.2. The summed E-state index contributed by atoms with van der Waals surface area (Å²) in [5.41, 5.74) is 2.30. The molecular weight excluding hydrogens is 369 g/mol. The summed E-state index contributed by atoms with van der Waals surface area (Å²) in [5, 5.41) is 0. The van der Waals surface area contributed by atoms with Crippen LogP contribution in [-0.4, -0.2) is 6.17 Å². The fraction of sp³-hybridized carbons (Fsp3) is 0.385. The summed E-state index contributed by atoms with van der Waals surface area (Å²) >= 11 is 0. The van der Waals surface area contributed by atoms with Gasteiger partial charge in [-0.05, 0) is 67.9 Å². The highest BCUT2D eigenvalue weighted by Gasteiger charge is 2.21.